The Bertz CT molecular complexity index is 32.5. The first-order chi connectivity index (χ1) is 2.64. The van der Waals surface area contributed by atoms with Crippen molar-refractivity contribution in [2.24, 2.45) is 5.73 Å². The Morgan fingerprint density at radius 1 is 1.50 bits per heavy atom. The number of rotatable bonds is 1. The van der Waals surface area contributed by atoms with Crippen molar-refractivity contribution in [3.63, 3.8) is 0 Å². The van der Waals surface area contributed by atoms with E-state index in [1.807, 2.05) is 0 Å². The van der Waals surface area contributed by atoms with Gasteiger partial charge in [-0.3, -0.25) is 5.73 Å². The molecule has 0 aliphatic carbocycles. The van der Waals surface area contributed by atoms with Crippen LogP contribution in [-0.2, 0) is 0 Å². The first-order valence-electron chi connectivity index (χ1n) is 1.32. The molecular formula is C2H4Cl2FN. The van der Waals surface area contributed by atoms with Gasteiger partial charge in [-0.05, 0) is 0 Å². The highest BCUT2D eigenvalue weighted by Crippen LogP contribution is 2.04. The van der Waals surface area contributed by atoms with Crippen molar-refractivity contribution < 1.29 is 4.39 Å². The smallest absolute Gasteiger partial charge is 0.179 e. The molecular weight excluding hydrogens is 128 g/mol. The summed E-state index contributed by atoms with van der Waals surface area (Å²) in [6.07, 6.45) is -1.62. The molecule has 1 unspecified atom stereocenters. The van der Waals surface area contributed by atoms with Crippen LogP contribution in [0.25, 0.3) is 0 Å². The van der Waals surface area contributed by atoms with Crippen molar-refractivity contribution in [1.82, 2.24) is 0 Å². The quantitative estimate of drug-likeness (QED) is 0.418. The highest BCUT2D eigenvalue weighted by atomic mass is 35.5. The lowest BCUT2D eigenvalue weighted by Crippen LogP contribution is -2.20. The van der Waals surface area contributed by atoms with Gasteiger partial charge in [0.2, 0.25) is 0 Å². The zero-order chi connectivity index (χ0) is 5.15. The van der Waals surface area contributed by atoms with E-state index in [1.165, 1.54) is 0 Å². The molecule has 4 heteroatoms. The van der Waals surface area contributed by atoms with Crippen LogP contribution in [0.3, 0.4) is 0 Å². The van der Waals surface area contributed by atoms with Crippen molar-refractivity contribution in [2.45, 2.75) is 11.1 Å². The molecule has 6 heavy (non-hydrogen) atoms. The Kier molecular flexibility index (Phi) is 2.82. The molecule has 0 aromatic rings. The molecule has 0 radical (unpaired) electrons. The lowest BCUT2D eigenvalue weighted by Gasteiger charge is -1.96. The number of nitrogens with two attached hydrogens (primary N) is 1. The lowest BCUT2D eigenvalue weighted by atomic mass is 10.7. The van der Waals surface area contributed by atoms with E-state index in [9.17, 15) is 4.39 Å². The van der Waals surface area contributed by atoms with Gasteiger partial charge in [0.1, 0.15) is 0 Å². The van der Waals surface area contributed by atoms with Crippen LogP contribution in [-0.4, -0.2) is 11.1 Å². The molecule has 0 saturated heterocycles. The van der Waals surface area contributed by atoms with Crippen LogP contribution in [0.4, 0.5) is 4.39 Å². The fourth-order valence-electron chi connectivity index (χ4n) is 0. The first-order valence-corrected chi connectivity index (χ1v) is 2.19. The molecule has 0 amide bonds. The number of hydrogen-bond acceptors (Lipinski definition) is 1. The van der Waals surface area contributed by atoms with Gasteiger partial charge in [-0.25, -0.2) is 4.39 Å². The number of alkyl halides is 3. The van der Waals surface area contributed by atoms with Crippen LogP contribution in [0, 0.1) is 0 Å². The SMILES string of the molecule is NC(F)C(Cl)Cl. The summed E-state index contributed by atoms with van der Waals surface area (Å²) >= 11 is 9.76. The summed E-state index contributed by atoms with van der Waals surface area (Å²) in [5, 5.41) is 0. The van der Waals surface area contributed by atoms with Crippen molar-refractivity contribution in [2.75, 3.05) is 0 Å². The Labute approximate surface area is 45.2 Å². The summed E-state index contributed by atoms with van der Waals surface area (Å²) in [7, 11) is 0. The fourth-order valence-corrected chi connectivity index (χ4v) is 0. The monoisotopic (exact) mass is 131 g/mol. The minimum atomic E-state index is -1.62. The van der Waals surface area contributed by atoms with Gasteiger partial charge in [-0.2, -0.15) is 0 Å². The molecule has 0 aromatic carbocycles. The van der Waals surface area contributed by atoms with Gasteiger partial charge in [0.25, 0.3) is 0 Å². The lowest BCUT2D eigenvalue weighted by molar-refractivity contribution is 0.364. The highest BCUT2D eigenvalue weighted by molar-refractivity contribution is 6.44. The molecule has 0 fully saturated rings. The predicted molar refractivity (Wildman–Crippen MR) is 24.6 cm³/mol. The molecule has 1 nitrogen and oxygen atoms in total. The van der Waals surface area contributed by atoms with Crippen LogP contribution in [0.15, 0.2) is 0 Å². The molecule has 38 valence electrons. The zero-order valence-corrected chi connectivity index (χ0v) is 4.38. The number of hydrogen-bond donors (Lipinski definition) is 1. The minimum absolute atomic E-state index is 1.09. The van der Waals surface area contributed by atoms with Crippen LogP contribution >= 0.6 is 23.2 Å². The van der Waals surface area contributed by atoms with Gasteiger partial charge in [0.05, 0.1) is 0 Å². The first kappa shape index (κ1) is 6.47. The molecule has 0 saturated carbocycles. The van der Waals surface area contributed by atoms with Gasteiger partial charge in [0.15, 0.2) is 11.1 Å². The molecule has 1 atom stereocenters. The van der Waals surface area contributed by atoms with E-state index in [1.54, 1.807) is 0 Å². The Balaban J connectivity index is 2.99. The molecule has 0 aliphatic rings. The van der Waals surface area contributed by atoms with Gasteiger partial charge in [-0.15, -0.1) is 23.2 Å². The fraction of sp³-hybridized carbons (Fsp3) is 1.00. The Hall–Kier alpha value is 0.470. The predicted octanol–water partition coefficient (Wildman–Crippen LogP) is 1.04. The van der Waals surface area contributed by atoms with E-state index in [0.29, 0.717) is 0 Å². The second-order valence-corrected chi connectivity index (χ2v) is 1.94. The van der Waals surface area contributed by atoms with Crippen LogP contribution < -0.4 is 5.73 Å². The van der Waals surface area contributed by atoms with E-state index in [0.717, 1.165) is 0 Å². The van der Waals surface area contributed by atoms with Gasteiger partial charge < -0.3 is 0 Å². The van der Waals surface area contributed by atoms with Gasteiger partial charge in [0, 0.05) is 0 Å². The van der Waals surface area contributed by atoms with E-state index >= 15 is 0 Å². The van der Waals surface area contributed by atoms with Crippen LogP contribution in [0.1, 0.15) is 0 Å². The maximum Gasteiger partial charge on any atom is 0.179 e. The topological polar surface area (TPSA) is 26.0 Å². The maximum absolute atomic E-state index is 11.3. The summed E-state index contributed by atoms with van der Waals surface area (Å²) in [6.45, 7) is 0. The summed E-state index contributed by atoms with van der Waals surface area (Å²) in [5.74, 6) is 0. The third kappa shape index (κ3) is 2.69. The van der Waals surface area contributed by atoms with Crippen molar-refractivity contribution >= 4 is 23.2 Å². The molecule has 0 rings (SSSR count). The van der Waals surface area contributed by atoms with Crippen molar-refractivity contribution in [3.8, 4) is 0 Å². The average molecular weight is 132 g/mol. The summed E-state index contributed by atoms with van der Waals surface area (Å²) in [6, 6.07) is 0. The van der Waals surface area contributed by atoms with E-state index in [2.05, 4.69) is 5.73 Å². The molecule has 2 N–H and O–H groups in total. The van der Waals surface area contributed by atoms with E-state index in [-0.39, 0.29) is 0 Å². The van der Waals surface area contributed by atoms with Crippen LogP contribution in [0.5, 0.6) is 0 Å². The maximum atomic E-state index is 11.3. The van der Waals surface area contributed by atoms with Crippen LogP contribution in [0.2, 0.25) is 0 Å². The molecule has 0 bridgehead atoms. The average Bonchev–Trinajstić information content (AvgIpc) is 1.36. The van der Waals surface area contributed by atoms with E-state index < -0.39 is 11.1 Å². The summed E-state index contributed by atoms with van der Waals surface area (Å²) in [5.41, 5.74) is 4.50. The Morgan fingerprint density at radius 3 is 1.67 bits per heavy atom. The number of halogens is 3. The second kappa shape index (κ2) is 2.61. The molecule has 0 heterocycles. The van der Waals surface area contributed by atoms with Crippen molar-refractivity contribution in [3.05, 3.63) is 0 Å². The summed E-state index contributed by atoms with van der Waals surface area (Å²) < 4.78 is 11.3. The minimum Gasteiger partial charge on any atom is -0.299 e. The highest BCUT2D eigenvalue weighted by Gasteiger charge is 2.06. The molecule has 0 spiro atoms. The molecule has 0 aliphatic heterocycles. The second-order valence-electron chi connectivity index (χ2n) is 0.779. The standard InChI is InChI=1S/C2H4Cl2FN/c3-1(4)2(5)6/h1-2H,6H2. The molecule has 0 aromatic heterocycles. The van der Waals surface area contributed by atoms with Crippen molar-refractivity contribution in [1.29, 1.82) is 0 Å². The van der Waals surface area contributed by atoms with Gasteiger partial charge in [-0.1, -0.05) is 0 Å². The van der Waals surface area contributed by atoms with Gasteiger partial charge >= 0.3 is 0 Å². The van der Waals surface area contributed by atoms with E-state index in [4.69, 9.17) is 23.2 Å². The Morgan fingerprint density at radius 2 is 1.67 bits per heavy atom. The normalized spacial score (nSPS) is 15.5. The largest absolute Gasteiger partial charge is 0.299 e. The third-order valence-electron chi connectivity index (χ3n) is 0.241. The third-order valence-corrected chi connectivity index (χ3v) is 0.722. The summed E-state index contributed by atoms with van der Waals surface area (Å²) in [4.78, 5) is -1.09. The zero-order valence-electron chi connectivity index (χ0n) is 2.87.